The van der Waals surface area contributed by atoms with Crippen LogP contribution in [0.5, 0.6) is 0 Å². The number of carboxylic acid groups (broad SMARTS) is 1. The van der Waals surface area contributed by atoms with E-state index in [0.717, 1.165) is 30.3 Å². The number of hydrogen-bond donors (Lipinski definition) is 3. The Bertz CT molecular complexity index is 1240. The molecule has 1 unspecified atom stereocenters. The molecular weight excluding hydrogens is 451 g/mol. The summed E-state index contributed by atoms with van der Waals surface area (Å²) in [5, 5.41) is 27.6. The van der Waals surface area contributed by atoms with Crippen LogP contribution in [0.4, 0.5) is 0 Å². The zero-order valence-corrected chi connectivity index (χ0v) is 18.9. The van der Waals surface area contributed by atoms with Crippen molar-refractivity contribution in [3.05, 3.63) is 69.6 Å². The number of aromatic amines is 1. The zero-order valence-electron chi connectivity index (χ0n) is 17.3. The average Bonchev–Trinajstić information content (AvgIpc) is 3.39. The summed E-state index contributed by atoms with van der Waals surface area (Å²) in [5.74, 6) is -0.597. The van der Waals surface area contributed by atoms with E-state index in [1.165, 1.54) is 0 Å². The normalized spacial score (nSPS) is 12.3. The van der Waals surface area contributed by atoms with E-state index in [2.05, 4.69) is 32.7 Å². The first-order chi connectivity index (χ1) is 15.5. The van der Waals surface area contributed by atoms with Crippen LogP contribution in [0.25, 0.3) is 16.6 Å². The monoisotopic (exact) mass is 472 g/mol. The highest BCUT2D eigenvalue weighted by Crippen LogP contribution is 2.33. The molecule has 0 aliphatic carbocycles. The van der Waals surface area contributed by atoms with E-state index in [0.29, 0.717) is 33.5 Å². The van der Waals surface area contributed by atoms with Crippen molar-refractivity contribution in [2.75, 3.05) is 6.54 Å². The number of rotatable bonds is 9. The molecule has 0 saturated heterocycles. The smallest absolute Gasteiger partial charge is 0.352 e. The van der Waals surface area contributed by atoms with Crippen LogP contribution in [0.3, 0.4) is 0 Å². The lowest BCUT2D eigenvalue weighted by atomic mass is 10.0. The molecule has 0 amide bonds. The molecule has 0 bridgehead atoms. The summed E-state index contributed by atoms with van der Waals surface area (Å²) >= 11 is 12.2. The summed E-state index contributed by atoms with van der Waals surface area (Å²) in [4.78, 5) is 15.1. The Kier molecular flexibility index (Phi) is 6.74. The molecule has 3 N–H and O–H groups in total. The van der Waals surface area contributed by atoms with E-state index in [1.807, 2.05) is 18.2 Å². The number of unbranched alkanes of at least 4 members (excludes halogenated alkanes) is 2. The predicted octanol–water partition coefficient (Wildman–Crippen LogP) is 5.02. The maximum atomic E-state index is 12.2. The van der Waals surface area contributed by atoms with Crippen molar-refractivity contribution < 1.29 is 9.90 Å². The first-order valence-corrected chi connectivity index (χ1v) is 11.1. The molecule has 166 valence electrons. The van der Waals surface area contributed by atoms with Gasteiger partial charge in [0.1, 0.15) is 5.69 Å². The molecule has 4 aromatic rings. The Balaban J connectivity index is 1.87. The molecule has 10 heteroatoms. The largest absolute Gasteiger partial charge is 0.477 e. The third kappa shape index (κ3) is 4.48. The summed E-state index contributed by atoms with van der Waals surface area (Å²) in [7, 11) is 0. The summed E-state index contributed by atoms with van der Waals surface area (Å²) < 4.78 is 1.59. The van der Waals surface area contributed by atoms with Gasteiger partial charge < -0.3 is 15.4 Å². The number of benzene rings is 2. The second-order valence-electron chi connectivity index (χ2n) is 7.43. The van der Waals surface area contributed by atoms with Crippen LogP contribution >= 0.6 is 23.2 Å². The third-order valence-electron chi connectivity index (χ3n) is 5.26. The van der Waals surface area contributed by atoms with Crippen LogP contribution < -0.4 is 5.32 Å². The number of aromatic carboxylic acids is 1. The van der Waals surface area contributed by atoms with E-state index < -0.39 is 12.0 Å². The van der Waals surface area contributed by atoms with Gasteiger partial charge in [0.05, 0.1) is 11.7 Å². The standard InChI is InChI=1S/C22H22Cl2N6O2/c1-2-3-4-11-25-19(21-27-28-29-30(21)15-8-5-13(23)6-9-15)18-16-10-7-14(24)12-17(16)26-20(18)22(31)32/h5-10,12,19,25-26H,2-4,11H2,1H3,(H,31,32). The van der Waals surface area contributed by atoms with Gasteiger partial charge in [0.15, 0.2) is 5.82 Å². The molecule has 32 heavy (non-hydrogen) atoms. The lowest BCUT2D eigenvalue weighted by molar-refractivity contribution is 0.0689. The molecule has 0 fully saturated rings. The number of nitrogens with one attached hydrogen (secondary N) is 2. The number of carbonyl (C=O) groups is 1. The summed E-state index contributed by atoms with van der Waals surface area (Å²) in [6, 6.07) is 11.8. The Morgan fingerprint density at radius 1 is 1.16 bits per heavy atom. The van der Waals surface area contributed by atoms with Gasteiger partial charge in [-0.25, -0.2) is 4.79 Å². The molecule has 0 spiro atoms. The van der Waals surface area contributed by atoms with Crippen molar-refractivity contribution in [3.63, 3.8) is 0 Å². The Labute approximate surface area is 194 Å². The molecule has 4 rings (SSSR count). The van der Waals surface area contributed by atoms with Crippen molar-refractivity contribution in [1.82, 2.24) is 30.5 Å². The van der Waals surface area contributed by atoms with Crippen LogP contribution in [0.1, 0.15) is 54.1 Å². The Morgan fingerprint density at radius 2 is 1.91 bits per heavy atom. The number of carboxylic acids is 1. The van der Waals surface area contributed by atoms with Crippen LogP contribution in [-0.2, 0) is 0 Å². The number of aromatic nitrogens is 5. The van der Waals surface area contributed by atoms with Gasteiger partial charge in [0, 0.05) is 26.5 Å². The van der Waals surface area contributed by atoms with E-state index in [4.69, 9.17) is 23.2 Å². The van der Waals surface area contributed by atoms with Crippen LogP contribution in [0, 0.1) is 0 Å². The molecule has 2 aromatic heterocycles. The topological polar surface area (TPSA) is 109 Å². The highest BCUT2D eigenvalue weighted by atomic mass is 35.5. The third-order valence-corrected chi connectivity index (χ3v) is 5.74. The van der Waals surface area contributed by atoms with E-state index >= 15 is 0 Å². The van der Waals surface area contributed by atoms with Gasteiger partial charge in [-0.2, -0.15) is 4.68 Å². The molecule has 0 saturated carbocycles. The molecular formula is C22H22Cl2N6O2. The Hall–Kier alpha value is -2.94. The number of nitrogens with zero attached hydrogens (tertiary/aromatic N) is 4. The number of halogens is 2. The van der Waals surface area contributed by atoms with Crippen molar-refractivity contribution >= 4 is 40.1 Å². The van der Waals surface area contributed by atoms with Crippen molar-refractivity contribution in [2.45, 2.75) is 32.2 Å². The maximum absolute atomic E-state index is 12.2. The first kappa shape index (κ1) is 22.3. The Morgan fingerprint density at radius 3 is 2.62 bits per heavy atom. The number of fused-ring (bicyclic) bond motifs is 1. The van der Waals surface area contributed by atoms with Crippen LogP contribution in [-0.4, -0.2) is 42.8 Å². The van der Waals surface area contributed by atoms with Crippen molar-refractivity contribution in [3.8, 4) is 5.69 Å². The maximum Gasteiger partial charge on any atom is 0.352 e. The average molecular weight is 473 g/mol. The number of H-pyrrole nitrogens is 1. The summed E-state index contributed by atoms with van der Waals surface area (Å²) in [6.45, 7) is 2.80. The highest BCUT2D eigenvalue weighted by molar-refractivity contribution is 6.31. The van der Waals surface area contributed by atoms with Gasteiger partial charge in [0.25, 0.3) is 0 Å². The van der Waals surface area contributed by atoms with Gasteiger partial charge >= 0.3 is 5.97 Å². The minimum atomic E-state index is -1.07. The fraction of sp³-hybridized carbons (Fsp3) is 0.273. The van der Waals surface area contributed by atoms with E-state index in [9.17, 15) is 9.90 Å². The van der Waals surface area contributed by atoms with Crippen molar-refractivity contribution in [1.29, 1.82) is 0 Å². The second kappa shape index (κ2) is 9.68. The van der Waals surface area contributed by atoms with Gasteiger partial charge in [-0.05, 0) is 59.8 Å². The number of tetrazole rings is 1. The highest BCUT2D eigenvalue weighted by Gasteiger charge is 2.30. The van der Waals surface area contributed by atoms with Gasteiger partial charge in [-0.15, -0.1) is 5.10 Å². The SMILES string of the molecule is CCCCCNC(c1c(C(=O)O)[nH]c2cc(Cl)ccc12)c1nnnn1-c1ccc(Cl)cc1. The predicted molar refractivity (Wildman–Crippen MR) is 124 cm³/mol. The molecule has 2 aromatic carbocycles. The lowest BCUT2D eigenvalue weighted by Gasteiger charge is -2.19. The van der Waals surface area contributed by atoms with E-state index in [1.54, 1.807) is 28.9 Å². The summed E-state index contributed by atoms with van der Waals surface area (Å²) in [6.07, 6.45) is 3.06. The van der Waals surface area contributed by atoms with Gasteiger partial charge in [-0.1, -0.05) is 49.0 Å². The van der Waals surface area contributed by atoms with E-state index in [-0.39, 0.29) is 5.69 Å². The molecule has 2 heterocycles. The summed E-state index contributed by atoms with van der Waals surface area (Å²) in [5.41, 5.74) is 1.98. The zero-order chi connectivity index (χ0) is 22.7. The number of hydrogen-bond acceptors (Lipinski definition) is 5. The van der Waals surface area contributed by atoms with Crippen molar-refractivity contribution in [2.24, 2.45) is 0 Å². The quantitative estimate of drug-likeness (QED) is 0.295. The fourth-order valence-corrected chi connectivity index (χ4v) is 4.04. The fourth-order valence-electron chi connectivity index (χ4n) is 3.74. The van der Waals surface area contributed by atoms with Gasteiger partial charge in [-0.3, -0.25) is 0 Å². The minimum absolute atomic E-state index is 0.0703. The first-order valence-electron chi connectivity index (χ1n) is 10.3. The van der Waals surface area contributed by atoms with Crippen LogP contribution in [0.15, 0.2) is 42.5 Å². The molecule has 0 aliphatic rings. The lowest BCUT2D eigenvalue weighted by Crippen LogP contribution is -2.28. The molecule has 8 nitrogen and oxygen atoms in total. The minimum Gasteiger partial charge on any atom is -0.477 e. The molecule has 0 aliphatic heterocycles. The molecule has 1 atom stereocenters. The second-order valence-corrected chi connectivity index (χ2v) is 8.30. The molecule has 0 radical (unpaired) electrons. The van der Waals surface area contributed by atoms with Gasteiger partial charge in [0.2, 0.25) is 0 Å². The van der Waals surface area contributed by atoms with Crippen LogP contribution in [0.2, 0.25) is 10.0 Å².